The summed E-state index contributed by atoms with van der Waals surface area (Å²) in [5.74, 6) is -0.411. The Bertz CT molecular complexity index is 517. The summed E-state index contributed by atoms with van der Waals surface area (Å²) in [7, 11) is 0. The fourth-order valence-electron chi connectivity index (χ4n) is 3.47. The van der Waals surface area contributed by atoms with Gasteiger partial charge in [0.2, 0.25) is 0 Å². The zero-order chi connectivity index (χ0) is 14.1. The van der Waals surface area contributed by atoms with Gasteiger partial charge in [-0.05, 0) is 50.4 Å². The van der Waals surface area contributed by atoms with Crippen LogP contribution in [0.15, 0.2) is 18.2 Å². The molecule has 2 aliphatic heterocycles. The average Bonchev–Trinajstić information content (AvgIpc) is 2.85. The SMILES string of the molecule is NC(=O)c1ccc(N)cc1NC1CCN2CCCC2C1. The number of nitrogens with two attached hydrogens (primary N) is 2. The van der Waals surface area contributed by atoms with Crippen molar-refractivity contribution in [1.29, 1.82) is 0 Å². The number of hydrogen-bond acceptors (Lipinski definition) is 4. The minimum Gasteiger partial charge on any atom is -0.399 e. The maximum atomic E-state index is 11.5. The molecule has 2 heterocycles. The Hall–Kier alpha value is -1.75. The smallest absolute Gasteiger partial charge is 0.250 e. The van der Waals surface area contributed by atoms with E-state index in [1.807, 2.05) is 0 Å². The van der Waals surface area contributed by atoms with E-state index in [0.717, 1.165) is 25.1 Å². The number of hydrogen-bond donors (Lipinski definition) is 3. The van der Waals surface area contributed by atoms with Gasteiger partial charge in [-0.2, -0.15) is 0 Å². The first-order chi connectivity index (χ1) is 9.63. The molecular formula is C15H22N4O. The highest BCUT2D eigenvalue weighted by atomic mass is 16.1. The molecule has 2 aliphatic rings. The molecule has 0 saturated carbocycles. The van der Waals surface area contributed by atoms with Crippen LogP contribution in [0.4, 0.5) is 11.4 Å². The second kappa shape index (κ2) is 5.32. The second-order valence-electron chi connectivity index (χ2n) is 5.87. The summed E-state index contributed by atoms with van der Waals surface area (Å²) >= 11 is 0. The fourth-order valence-corrected chi connectivity index (χ4v) is 3.47. The molecule has 5 nitrogen and oxygen atoms in total. The molecule has 1 aromatic carbocycles. The summed E-state index contributed by atoms with van der Waals surface area (Å²) in [4.78, 5) is 14.1. The van der Waals surface area contributed by atoms with Crippen molar-refractivity contribution in [3.05, 3.63) is 23.8 Å². The number of amides is 1. The number of piperidine rings is 1. The van der Waals surface area contributed by atoms with Crippen molar-refractivity contribution in [2.24, 2.45) is 5.73 Å². The first-order valence-corrected chi connectivity index (χ1v) is 7.33. The van der Waals surface area contributed by atoms with E-state index in [0.29, 0.717) is 23.3 Å². The standard InChI is InChI=1S/C15H22N4O/c16-10-3-4-13(15(17)20)14(8-10)18-11-5-7-19-6-1-2-12(19)9-11/h3-4,8,11-12,18H,1-2,5-7,9,16H2,(H2,17,20). The number of anilines is 2. The predicted molar refractivity (Wildman–Crippen MR) is 80.6 cm³/mol. The van der Waals surface area contributed by atoms with E-state index in [1.54, 1.807) is 18.2 Å². The van der Waals surface area contributed by atoms with Gasteiger partial charge in [0.1, 0.15) is 0 Å². The third-order valence-electron chi connectivity index (χ3n) is 4.49. The molecule has 5 N–H and O–H groups in total. The highest BCUT2D eigenvalue weighted by Gasteiger charge is 2.31. The van der Waals surface area contributed by atoms with E-state index < -0.39 is 5.91 Å². The van der Waals surface area contributed by atoms with Gasteiger partial charge >= 0.3 is 0 Å². The van der Waals surface area contributed by atoms with E-state index >= 15 is 0 Å². The van der Waals surface area contributed by atoms with E-state index in [-0.39, 0.29) is 0 Å². The number of nitrogen functional groups attached to an aromatic ring is 1. The minimum absolute atomic E-state index is 0.397. The largest absolute Gasteiger partial charge is 0.399 e. The van der Waals surface area contributed by atoms with Crippen LogP contribution < -0.4 is 16.8 Å². The number of benzene rings is 1. The molecule has 0 bridgehead atoms. The molecule has 2 saturated heterocycles. The molecular weight excluding hydrogens is 252 g/mol. The predicted octanol–water partition coefficient (Wildman–Crippen LogP) is 1.41. The molecule has 0 radical (unpaired) electrons. The van der Waals surface area contributed by atoms with Crippen LogP contribution in [-0.4, -0.2) is 36.0 Å². The topological polar surface area (TPSA) is 84.4 Å². The Kier molecular flexibility index (Phi) is 3.53. The van der Waals surface area contributed by atoms with E-state index in [1.165, 1.54) is 19.4 Å². The van der Waals surface area contributed by atoms with Gasteiger partial charge in [-0.15, -0.1) is 0 Å². The van der Waals surface area contributed by atoms with Crippen molar-refractivity contribution in [2.45, 2.75) is 37.8 Å². The fraction of sp³-hybridized carbons (Fsp3) is 0.533. The lowest BCUT2D eigenvalue weighted by Crippen LogP contribution is -2.43. The first kappa shape index (κ1) is 13.2. The molecule has 0 aromatic heterocycles. The van der Waals surface area contributed by atoms with Gasteiger partial charge in [0.25, 0.3) is 5.91 Å². The Morgan fingerprint density at radius 1 is 1.30 bits per heavy atom. The summed E-state index contributed by atoms with van der Waals surface area (Å²) in [5, 5.41) is 3.48. The van der Waals surface area contributed by atoms with Crippen LogP contribution in [0, 0.1) is 0 Å². The number of nitrogens with zero attached hydrogens (tertiary/aromatic N) is 1. The van der Waals surface area contributed by atoms with Gasteiger partial charge < -0.3 is 21.7 Å². The molecule has 2 fully saturated rings. The van der Waals surface area contributed by atoms with Crippen molar-refractivity contribution in [3.8, 4) is 0 Å². The van der Waals surface area contributed by atoms with Crippen LogP contribution in [0.1, 0.15) is 36.0 Å². The normalized spacial score (nSPS) is 26.2. The Morgan fingerprint density at radius 2 is 2.15 bits per heavy atom. The van der Waals surface area contributed by atoms with Gasteiger partial charge in [-0.3, -0.25) is 4.79 Å². The molecule has 1 amide bonds. The number of carbonyl (C=O) groups is 1. The Labute approximate surface area is 119 Å². The van der Waals surface area contributed by atoms with Crippen molar-refractivity contribution in [2.75, 3.05) is 24.1 Å². The van der Waals surface area contributed by atoms with Crippen LogP contribution in [0.5, 0.6) is 0 Å². The first-order valence-electron chi connectivity index (χ1n) is 7.33. The zero-order valence-corrected chi connectivity index (χ0v) is 11.6. The van der Waals surface area contributed by atoms with Crippen LogP contribution in [0.3, 0.4) is 0 Å². The Balaban J connectivity index is 1.74. The Morgan fingerprint density at radius 3 is 2.95 bits per heavy atom. The summed E-state index contributed by atoms with van der Waals surface area (Å²) in [6.45, 7) is 2.37. The van der Waals surface area contributed by atoms with Crippen molar-refractivity contribution >= 4 is 17.3 Å². The van der Waals surface area contributed by atoms with Crippen molar-refractivity contribution in [1.82, 2.24) is 4.90 Å². The zero-order valence-electron chi connectivity index (χ0n) is 11.6. The van der Waals surface area contributed by atoms with Crippen LogP contribution in [0.2, 0.25) is 0 Å². The maximum absolute atomic E-state index is 11.5. The number of carbonyl (C=O) groups excluding carboxylic acids is 1. The molecule has 0 spiro atoms. The lowest BCUT2D eigenvalue weighted by molar-refractivity contribution is 0.100. The summed E-state index contributed by atoms with van der Waals surface area (Å²) < 4.78 is 0. The van der Waals surface area contributed by atoms with E-state index in [2.05, 4.69) is 10.2 Å². The molecule has 2 unspecified atom stereocenters. The van der Waals surface area contributed by atoms with Crippen LogP contribution >= 0.6 is 0 Å². The van der Waals surface area contributed by atoms with Crippen molar-refractivity contribution in [3.63, 3.8) is 0 Å². The number of fused-ring (bicyclic) bond motifs is 1. The lowest BCUT2D eigenvalue weighted by atomic mass is 9.97. The van der Waals surface area contributed by atoms with Gasteiger partial charge in [0, 0.05) is 30.0 Å². The molecule has 3 rings (SSSR count). The van der Waals surface area contributed by atoms with Crippen LogP contribution in [-0.2, 0) is 0 Å². The molecule has 0 aliphatic carbocycles. The lowest BCUT2D eigenvalue weighted by Gasteiger charge is -2.35. The highest BCUT2D eigenvalue weighted by Crippen LogP contribution is 2.29. The monoisotopic (exact) mass is 274 g/mol. The van der Waals surface area contributed by atoms with E-state index in [9.17, 15) is 4.79 Å². The molecule has 2 atom stereocenters. The third-order valence-corrected chi connectivity index (χ3v) is 4.49. The molecule has 1 aromatic rings. The summed E-state index contributed by atoms with van der Waals surface area (Å²) in [6, 6.07) is 6.31. The van der Waals surface area contributed by atoms with Gasteiger partial charge in [0.15, 0.2) is 0 Å². The van der Waals surface area contributed by atoms with Gasteiger partial charge in [-0.25, -0.2) is 0 Å². The third kappa shape index (κ3) is 2.58. The molecule has 5 heteroatoms. The molecule has 108 valence electrons. The van der Waals surface area contributed by atoms with Crippen LogP contribution in [0.25, 0.3) is 0 Å². The summed E-state index contributed by atoms with van der Waals surface area (Å²) in [6.07, 6.45) is 4.83. The van der Waals surface area contributed by atoms with E-state index in [4.69, 9.17) is 11.5 Å². The summed E-state index contributed by atoms with van der Waals surface area (Å²) in [5.41, 5.74) is 13.2. The number of primary amides is 1. The van der Waals surface area contributed by atoms with Crippen molar-refractivity contribution < 1.29 is 4.79 Å². The maximum Gasteiger partial charge on any atom is 0.250 e. The number of nitrogens with one attached hydrogen (secondary N) is 1. The quantitative estimate of drug-likeness (QED) is 0.728. The average molecular weight is 274 g/mol. The van der Waals surface area contributed by atoms with Gasteiger partial charge in [0.05, 0.1) is 5.56 Å². The minimum atomic E-state index is -0.411. The number of rotatable bonds is 3. The highest BCUT2D eigenvalue weighted by molar-refractivity contribution is 5.99. The second-order valence-corrected chi connectivity index (χ2v) is 5.87. The molecule has 20 heavy (non-hydrogen) atoms. The van der Waals surface area contributed by atoms with Gasteiger partial charge in [-0.1, -0.05) is 0 Å².